The molecule has 0 bridgehead atoms. The molecular formula is C23H25Cl3F3N3O4S. The number of hydrogen-bond donors (Lipinski definition) is 1. The summed E-state index contributed by atoms with van der Waals surface area (Å²) >= 11 is 17.8. The van der Waals surface area contributed by atoms with Crippen molar-refractivity contribution >= 4 is 62.3 Å². The molecule has 2 aromatic carbocycles. The van der Waals surface area contributed by atoms with Gasteiger partial charge in [-0.3, -0.25) is 13.9 Å². The van der Waals surface area contributed by atoms with E-state index in [1.165, 1.54) is 19.1 Å². The molecule has 0 aliphatic rings. The number of sulfonamides is 1. The van der Waals surface area contributed by atoms with E-state index in [-0.39, 0.29) is 17.6 Å². The van der Waals surface area contributed by atoms with Crippen molar-refractivity contribution in [1.29, 1.82) is 0 Å². The van der Waals surface area contributed by atoms with Crippen LogP contribution in [0.2, 0.25) is 15.1 Å². The molecule has 1 N–H and O–H groups in total. The Bertz CT molecular complexity index is 1270. The molecule has 1 atom stereocenters. The van der Waals surface area contributed by atoms with Crippen molar-refractivity contribution in [3.8, 4) is 0 Å². The zero-order valence-electron chi connectivity index (χ0n) is 20.2. The Morgan fingerprint density at radius 2 is 1.62 bits per heavy atom. The van der Waals surface area contributed by atoms with Crippen molar-refractivity contribution in [3.05, 3.63) is 62.6 Å². The fourth-order valence-electron chi connectivity index (χ4n) is 3.32. The van der Waals surface area contributed by atoms with Gasteiger partial charge >= 0.3 is 6.18 Å². The summed E-state index contributed by atoms with van der Waals surface area (Å²) in [5.74, 6) is -1.38. The Hall–Kier alpha value is -2.21. The first-order valence-electron chi connectivity index (χ1n) is 10.8. The average molecular weight is 603 g/mol. The second-order valence-corrected chi connectivity index (χ2v) is 11.7. The van der Waals surface area contributed by atoms with Gasteiger partial charge in [0.1, 0.15) is 12.6 Å². The Balaban J connectivity index is 2.51. The van der Waals surface area contributed by atoms with Gasteiger partial charge < -0.3 is 10.2 Å². The summed E-state index contributed by atoms with van der Waals surface area (Å²) in [6.45, 7) is 3.79. The van der Waals surface area contributed by atoms with Crippen LogP contribution in [0.1, 0.15) is 31.9 Å². The monoisotopic (exact) mass is 601 g/mol. The lowest BCUT2D eigenvalue weighted by Gasteiger charge is -2.32. The highest BCUT2D eigenvalue weighted by molar-refractivity contribution is 7.92. The number of alkyl halides is 3. The van der Waals surface area contributed by atoms with E-state index in [4.69, 9.17) is 34.8 Å². The fraction of sp³-hybridized carbons (Fsp3) is 0.391. The van der Waals surface area contributed by atoms with Crippen LogP contribution in [0.15, 0.2) is 36.4 Å². The predicted octanol–water partition coefficient (Wildman–Crippen LogP) is 5.37. The van der Waals surface area contributed by atoms with Crippen LogP contribution in [0.5, 0.6) is 0 Å². The molecule has 0 saturated carbocycles. The minimum Gasteiger partial charge on any atom is -0.352 e. The standard InChI is InChI=1S/C23H25Cl3F3N3O4S/c1-13(2)30-22(34)14(3)31(11-15-5-6-16(24)9-20(15)26)21(33)12-32(37(4,35)36)17-7-8-19(25)18(10-17)23(27,28)29/h5-10,13-14H,11-12H2,1-4H3,(H,30,34). The minimum atomic E-state index is -4.86. The van der Waals surface area contributed by atoms with Crippen LogP contribution in [-0.2, 0) is 32.3 Å². The normalized spacial score (nSPS) is 12.8. The van der Waals surface area contributed by atoms with Gasteiger partial charge in [0.2, 0.25) is 21.8 Å². The zero-order chi connectivity index (χ0) is 28.3. The number of nitrogens with one attached hydrogen (secondary N) is 1. The maximum absolute atomic E-state index is 13.5. The lowest BCUT2D eigenvalue weighted by atomic mass is 10.1. The number of carbonyl (C=O) groups is 2. The van der Waals surface area contributed by atoms with E-state index < -0.39 is 56.9 Å². The maximum atomic E-state index is 13.5. The summed E-state index contributed by atoms with van der Waals surface area (Å²) in [5, 5.41) is 2.58. The van der Waals surface area contributed by atoms with E-state index in [2.05, 4.69) is 5.32 Å². The first-order valence-corrected chi connectivity index (χ1v) is 13.8. The third kappa shape index (κ3) is 8.39. The Morgan fingerprint density at radius 1 is 1.00 bits per heavy atom. The average Bonchev–Trinajstić information content (AvgIpc) is 2.75. The molecule has 2 amide bonds. The summed E-state index contributed by atoms with van der Waals surface area (Å²) in [7, 11) is -4.24. The number of anilines is 1. The number of carbonyl (C=O) groups excluding carboxylic acids is 2. The topological polar surface area (TPSA) is 86.8 Å². The van der Waals surface area contributed by atoms with E-state index in [0.29, 0.717) is 21.0 Å². The van der Waals surface area contributed by atoms with E-state index >= 15 is 0 Å². The third-order valence-corrected chi connectivity index (χ3v) is 7.23. The molecular weight excluding hydrogens is 578 g/mol. The zero-order valence-corrected chi connectivity index (χ0v) is 23.3. The van der Waals surface area contributed by atoms with E-state index in [1.54, 1.807) is 19.9 Å². The van der Waals surface area contributed by atoms with Gasteiger partial charge in [0.05, 0.1) is 22.5 Å². The molecule has 0 spiro atoms. The Labute approximate surface area is 228 Å². The number of halogens is 6. The summed E-state index contributed by atoms with van der Waals surface area (Å²) in [4.78, 5) is 27.3. The summed E-state index contributed by atoms with van der Waals surface area (Å²) < 4.78 is 65.8. The molecule has 7 nitrogen and oxygen atoms in total. The molecule has 0 radical (unpaired) electrons. The molecule has 0 saturated heterocycles. The highest BCUT2D eigenvalue weighted by atomic mass is 35.5. The molecule has 2 rings (SSSR count). The number of nitrogens with zero attached hydrogens (tertiary/aromatic N) is 2. The van der Waals surface area contributed by atoms with E-state index in [0.717, 1.165) is 23.3 Å². The quantitative estimate of drug-likeness (QED) is 0.418. The molecule has 37 heavy (non-hydrogen) atoms. The molecule has 0 aromatic heterocycles. The first-order chi connectivity index (χ1) is 16.9. The summed E-state index contributed by atoms with van der Waals surface area (Å²) in [6, 6.07) is 5.67. The van der Waals surface area contributed by atoms with Crippen LogP contribution < -0.4 is 9.62 Å². The van der Waals surface area contributed by atoms with Crippen LogP contribution in [0.25, 0.3) is 0 Å². The first kappa shape index (κ1) is 31.0. The SMILES string of the molecule is CC(C)NC(=O)C(C)N(Cc1ccc(Cl)cc1Cl)C(=O)CN(c1ccc(Cl)c(C(F)(F)F)c1)S(C)(=O)=O. The highest BCUT2D eigenvalue weighted by Crippen LogP contribution is 2.37. The largest absolute Gasteiger partial charge is 0.417 e. The number of hydrogen-bond acceptors (Lipinski definition) is 4. The minimum absolute atomic E-state index is 0.201. The van der Waals surface area contributed by atoms with Gasteiger partial charge in [-0.05, 0) is 56.7 Å². The van der Waals surface area contributed by atoms with Crippen molar-refractivity contribution in [1.82, 2.24) is 10.2 Å². The fourth-order valence-corrected chi connectivity index (χ4v) is 4.85. The molecule has 0 aliphatic heterocycles. The van der Waals surface area contributed by atoms with Gasteiger partial charge in [0, 0.05) is 22.6 Å². The van der Waals surface area contributed by atoms with E-state index in [9.17, 15) is 31.2 Å². The summed E-state index contributed by atoms with van der Waals surface area (Å²) in [6.07, 6.45) is -4.11. The molecule has 0 fully saturated rings. The summed E-state index contributed by atoms with van der Waals surface area (Å²) in [5.41, 5.74) is -1.26. The van der Waals surface area contributed by atoms with Gasteiger partial charge in [-0.15, -0.1) is 0 Å². The highest BCUT2D eigenvalue weighted by Gasteiger charge is 2.35. The smallest absolute Gasteiger partial charge is 0.352 e. The lowest BCUT2D eigenvalue weighted by Crippen LogP contribution is -2.52. The Kier molecular flexibility index (Phi) is 10.1. The Morgan fingerprint density at radius 3 is 2.14 bits per heavy atom. The van der Waals surface area contributed by atoms with Crippen LogP contribution >= 0.6 is 34.8 Å². The van der Waals surface area contributed by atoms with Gasteiger partial charge in [-0.25, -0.2) is 8.42 Å². The van der Waals surface area contributed by atoms with E-state index in [1.807, 2.05) is 0 Å². The number of benzene rings is 2. The van der Waals surface area contributed by atoms with Crippen molar-refractivity contribution < 1.29 is 31.2 Å². The van der Waals surface area contributed by atoms with Gasteiger partial charge in [0.25, 0.3) is 0 Å². The number of rotatable bonds is 9. The second kappa shape index (κ2) is 12.1. The lowest BCUT2D eigenvalue weighted by molar-refractivity contribution is -0.139. The van der Waals surface area contributed by atoms with Crippen molar-refractivity contribution in [2.45, 2.75) is 45.6 Å². The van der Waals surface area contributed by atoms with Crippen molar-refractivity contribution in [2.24, 2.45) is 0 Å². The predicted molar refractivity (Wildman–Crippen MR) is 138 cm³/mol. The molecule has 204 valence electrons. The molecule has 14 heteroatoms. The van der Waals surface area contributed by atoms with Crippen molar-refractivity contribution in [2.75, 3.05) is 17.1 Å². The number of amides is 2. The van der Waals surface area contributed by atoms with Crippen LogP contribution in [0, 0.1) is 0 Å². The van der Waals surface area contributed by atoms with Crippen LogP contribution in [-0.4, -0.2) is 50.0 Å². The van der Waals surface area contributed by atoms with Gasteiger partial charge in [-0.2, -0.15) is 13.2 Å². The van der Waals surface area contributed by atoms with Gasteiger partial charge in [0.15, 0.2) is 0 Å². The molecule has 1 unspecified atom stereocenters. The van der Waals surface area contributed by atoms with Crippen molar-refractivity contribution in [3.63, 3.8) is 0 Å². The molecule has 0 aliphatic carbocycles. The molecule has 2 aromatic rings. The second-order valence-electron chi connectivity index (χ2n) is 8.53. The maximum Gasteiger partial charge on any atom is 0.417 e. The third-order valence-electron chi connectivity index (χ3n) is 5.18. The van der Waals surface area contributed by atoms with Crippen LogP contribution in [0.3, 0.4) is 0 Å². The van der Waals surface area contributed by atoms with Crippen LogP contribution in [0.4, 0.5) is 18.9 Å². The van der Waals surface area contributed by atoms with Gasteiger partial charge in [-0.1, -0.05) is 40.9 Å². The molecule has 0 heterocycles.